The Labute approximate surface area is 76.8 Å². The fraction of sp³-hybridized carbons (Fsp3) is 0.600. The second-order valence-electron chi connectivity index (χ2n) is 1.68. The zero-order valence-corrected chi connectivity index (χ0v) is 8.03. The van der Waals surface area contributed by atoms with E-state index in [0.717, 1.165) is 0 Å². The number of rotatable bonds is 0. The Balaban J connectivity index is -0.000000125. The number of hydrogen-bond donors (Lipinski definition) is 1. The monoisotopic (exact) mass is 186 g/mol. The molecule has 1 nitrogen and oxygen atoms in total. The number of halogens is 1. The molecule has 0 saturated heterocycles. The van der Waals surface area contributed by atoms with Gasteiger partial charge >= 0.3 is 23.1 Å². The van der Waals surface area contributed by atoms with Gasteiger partial charge in [0.15, 0.2) is 0 Å². The molecule has 0 heterocycles. The van der Waals surface area contributed by atoms with Crippen LogP contribution >= 0.6 is 0 Å². The van der Waals surface area contributed by atoms with Gasteiger partial charge in [-0.3, -0.25) is 0 Å². The van der Waals surface area contributed by atoms with Crippen LogP contribution in [0.15, 0.2) is 0 Å². The first-order chi connectivity index (χ1) is 2.56. The molecule has 0 amide bonds. The van der Waals surface area contributed by atoms with Crippen LogP contribution in [0.1, 0.15) is 13.8 Å². The van der Waals surface area contributed by atoms with Crippen LogP contribution in [0.5, 0.6) is 0 Å². The van der Waals surface area contributed by atoms with E-state index in [1.807, 2.05) is 5.92 Å². The summed E-state index contributed by atoms with van der Waals surface area (Å²) in [5, 5.41) is 8.53. The van der Waals surface area contributed by atoms with E-state index in [0.29, 0.717) is 0 Å². The molecule has 0 aliphatic heterocycles. The molecule has 0 unspecified atom stereocenters. The molecule has 42 valence electrons. The van der Waals surface area contributed by atoms with Crippen molar-refractivity contribution in [2.75, 3.05) is 0 Å². The molecule has 3 heteroatoms. The first-order valence-corrected chi connectivity index (χ1v) is 1.72. The summed E-state index contributed by atoms with van der Waals surface area (Å²) >= 11 is 0. The molecule has 8 heavy (non-hydrogen) atoms. The van der Waals surface area contributed by atoms with Crippen molar-refractivity contribution in [2.24, 2.45) is 0 Å². The minimum atomic E-state index is -1.04. The minimum Gasteiger partial charge on any atom is -1.00 e. The first kappa shape index (κ1) is 15.9. The van der Waals surface area contributed by atoms with Crippen LogP contribution in [0.4, 0.5) is 0 Å². The zero-order chi connectivity index (χ0) is 5.21. The van der Waals surface area contributed by atoms with E-state index in [-0.39, 0.29) is 40.0 Å². The quantitative estimate of drug-likeness (QED) is 0.243. The van der Waals surface area contributed by atoms with Crippen molar-refractivity contribution < 1.29 is 22.1 Å². The molecule has 0 radical (unpaired) electrons. The molecule has 1 N–H and O–H groups in total. The van der Waals surface area contributed by atoms with E-state index < -0.39 is 5.60 Å². The molecule has 0 spiro atoms. The summed E-state index contributed by atoms with van der Waals surface area (Å²) < 4.78 is 0. The van der Waals surface area contributed by atoms with E-state index >= 15 is 0 Å². The largest absolute Gasteiger partial charge is 2.00 e. The number of hydrogen-bond acceptors (Lipinski definition) is 1. The van der Waals surface area contributed by atoms with Gasteiger partial charge in [0.2, 0.25) is 0 Å². The van der Waals surface area contributed by atoms with Crippen LogP contribution < -0.4 is 17.0 Å². The maximum absolute atomic E-state index is 8.53. The summed E-state index contributed by atoms with van der Waals surface area (Å²) in [6.07, 6.45) is 6.35. The molecule has 0 aliphatic carbocycles. The van der Waals surface area contributed by atoms with Gasteiger partial charge in [0.25, 0.3) is 0 Å². The van der Waals surface area contributed by atoms with Crippen LogP contribution in [0.2, 0.25) is 0 Å². The first-order valence-electron chi connectivity index (χ1n) is 1.72. The molecule has 0 aromatic rings. The van der Waals surface area contributed by atoms with E-state index in [1.165, 1.54) is 13.8 Å². The molecule has 0 saturated carbocycles. The molecular weight excluding hydrogens is 180 g/mol. The second-order valence-corrected chi connectivity index (χ2v) is 1.68. The Morgan fingerprint density at radius 3 is 1.62 bits per heavy atom. The molecule has 0 aliphatic rings. The summed E-state index contributed by atoms with van der Waals surface area (Å²) in [6, 6.07) is 0. The van der Waals surface area contributed by atoms with Crippen molar-refractivity contribution in [1.29, 1.82) is 0 Å². The van der Waals surface area contributed by atoms with Gasteiger partial charge < -0.3 is 34.4 Å². The summed E-state index contributed by atoms with van der Waals surface area (Å²) in [4.78, 5) is 0. The van der Waals surface area contributed by atoms with Gasteiger partial charge in [-0.25, -0.2) is 0 Å². The summed E-state index contributed by atoms with van der Waals surface area (Å²) in [6.45, 7) is 3.00. The van der Waals surface area contributed by atoms with Crippen molar-refractivity contribution >= 4 is 23.1 Å². The predicted molar refractivity (Wildman–Crippen MR) is 29.2 cm³/mol. The third-order valence-corrected chi connectivity index (χ3v) is 0.306. The van der Waals surface area contributed by atoms with Gasteiger partial charge in [0, 0.05) is 0 Å². The van der Waals surface area contributed by atoms with E-state index in [4.69, 9.17) is 11.5 Å². The van der Waals surface area contributed by atoms with Crippen molar-refractivity contribution in [3.63, 3.8) is 0 Å². The molecule has 0 bridgehead atoms. The smallest absolute Gasteiger partial charge is 1.00 e. The van der Waals surface area contributed by atoms with Gasteiger partial charge in [0.1, 0.15) is 0 Å². The standard InChI is InChI=1S/C5H7O.BrH.Mg/c1-4-5(2,3)6;;/h6H,2-3H3;1H;/q-1;;+2/p-1. The molecule has 0 atom stereocenters. The van der Waals surface area contributed by atoms with Crippen molar-refractivity contribution in [2.45, 2.75) is 19.4 Å². The van der Waals surface area contributed by atoms with Crippen LogP contribution in [0.3, 0.4) is 0 Å². The maximum atomic E-state index is 8.53. The average molecular weight is 187 g/mol. The summed E-state index contributed by atoms with van der Waals surface area (Å²) in [5.41, 5.74) is -1.04. The maximum Gasteiger partial charge on any atom is 2.00 e. The second kappa shape index (κ2) is 5.89. The third kappa shape index (κ3) is 15.9. The van der Waals surface area contributed by atoms with Gasteiger partial charge in [-0.2, -0.15) is 0 Å². The Bertz CT molecular complexity index is 79.4. The van der Waals surface area contributed by atoms with Crippen LogP contribution in [0, 0.1) is 12.3 Å². The zero-order valence-electron chi connectivity index (χ0n) is 5.03. The topological polar surface area (TPSA) is 20.2 Å². The summed E-state index contributed by atoms with van der Waals surface area (Å²) in [7, 11) is 0. The van der Waals surface area contributed by atoms with E-state index in [9.17, 15) is 0 Å². The van der Waals surface area contributed by atoms with E-state index in [1.54, 1.807) is 0 Å². The minimum absolute atomic E-state index is 0. The van der Waals surface area contributed by atoms with Gasteiger partial charge in [0.05, 0.1) is 5.60 Å². The predicted octanol–water partition coefficient (Wildman–Crippen LogP) is -3.03. The van der Waals surface area contributed by atoms with E-state index in [2.05, 4.69) is 0 Å². The van der Waals surface area contributed by atoms with Crippen LogP contribution in [0.25, 0.3) is 0 Å². The van der Waals surface area contributed by atoms with Gasteiger partial charge in [-0.1, -0.05) is 0 Å². The van der Waals surface area contributed by atoms with Gasteiger partial charge in [-0.05, 0) is 13.8 Å². The Morgan fingerprint density at radius 1 is 1.50 bits per heavy atom. The van der Waals surface area contributed by atoms with Crippen LogP contribution in [-0.2, 0) is 0 Å². The Morgan fingerprint density at radius 2 is 1.62 bits per heavy atom. The third-order valence-electron chi connectivity index (χ3n) is 0.306. The molecular formula is C5H7BrMgO. The fourth-order valence-corrected chi connectivity index (χ4v) is 0. The molecule has 0 rings (SSSR count). The van der Waals surface area contributed by atoms with Crippen molar-refractivity contribution in [3.8, 4) is 5.92 Å². The molecule has 0 aromatic heterocycles. The Hall–Kier alpha value is 0.766. The normalized spacial score (nSPS) is 7.75. The number of aliphatic hydroxyl groups is 1. The van der Waals surface area contributed by atoms with Gasteiger partial charge in [-0.15, -0.1) is 0 Å². The fourth-order valence-electron chi connectivity index (χ4n) is 0. The molecule has 0 fully saturated rings. The average Bonchev–Trinajstić information content (AvgIpc) is 1.35. The molecule has 0 aromatic carbocycles. The van der Waals surface area contributed by atoms with Crippen molar-refractivity contribution in [1.82, 2.24) is 0 Å². The Kier molecular flexibility index (Phi) is 11.7. The summed E-state index contributed by atoms with van der Waals surface area (Å²) in [5.74, 6) is 1.91. The van der Waals surface area contributed by atoms with Crippen molar-refractivity contribution in [3.05, 3.63) is 6.42 Å². The van der Waals surface area contributed by atoms with Crippen LogP contribution in [-0.4, -0.2) is 33.8 Å². The SMILES string of the molecule is [Br-].[C-]#CC(C)(C)O.[Mg+2].